The number of sulfonamides is 2. The Kier molecular flexibility index (Phi) is 11.5. The minimum absolute atomic E-state index is 0.129. The standard InChI is InChI=1S/C39H44N4O8S2/c1-26-22-42(23-27(2)50-26)52(46,47)36-17-9-32(10-18-36)38(44)40-34-13-5-30(6-14-34)21-31-7-15-35(16-8-31)41-39(45)33-11-19-37(20-12-33)53(48,49)43-24-28(3)51-29(4)25-43/h5-20,26-29H,21-25H2,1-4H3,(H,40,44)(H,41,45)/t26-,27+,28-,29+. The maximum atomic E-state index is 13.1. The van der Waals surface area contributed by atoms with Crippen LogP contribution in [-0.2, 0) is 35.9 Å². The second-order valence-electron chi connectivity index (χ2n) is 13.7. The molecule has 2 fully saturated rings. The van der Waals surface area contributed by atoms with Gasteiger partial charge >= 0.3 is 0 Å². The van der Waals surface area contributed by atoms with Crippen LogP contribution in [0.25, 0.3) is 0 Å². The lowest BCUT2D eigenvalue weighted by atomic mass is 10.0. The molecule has 6 rings (SSSR count). The van der Waals surface area contributed by atoms with E-state index in [0.29, 0.717) is 28.9 Å². The number of rotatable bonds is 10. The summed E-state index contributed by atoms with van der Waals surface area (Å²) in [7, 11) is -7.42. The lowest BCUT2D eigenvalue weighted by Gasteiger charge is -2.34. The van der Waals surface area contributed by atoms with E-state index < -0.39 is 20.0 Å². The zero-order chi connectivity index (χ0) is 37.9. The zero-order valence-corrected chi connectivity index (χ0v) is 31.7. The fraction of sp³-hybridized carbons (Fsp3) is 0.333. The van der Waals surface area contributed by atoms with E-state index in [9.17, 15) is 26.4 Å². The molecule has 0 spiro atoms. The number of ether oxygens (including phenoxy) is 2. The topological polar surface area (TPSA) is 151 Å². The second-order valence-corrected chi connectivity index (χ2v) is 17.6. The van der Waals surface area contributed by atoms with Crippen LogP contribution in [0.4, 0.5) is 11.4 Å². The van der Waals surface area contributed by atoms with Gasteiger partial charge in [-0.25, -0.2) is 16.8 Å². The Balaban J connectivity index is 0.998. The van der Waals surface area contributed by atoms with Gasteiger partial charge in [-0.2, -0.15) is 8.61 Å². The van der Waals surface area contributed by atoms with Gasteiger partial charge in [0.15, 0.2) is 0 Å². The molecule has 2 amide bonds. The normalized spacial score (nSPS) is 21.5. The number of carbonyl (C=O) groups excluding carboxylic acids is 2. The highest BCUT2D eigenvalue weighted by molar-refractivity contribution is 7.89. The first-order valence-electron chi connectivity index (χ1n) is 17.5. The van der Waals surface area contributed by atoms with Crippen molar-refractivity contribution in [2.45, 2.75) is 68.3 Å². The predicted octanol–water partition coefficient (Wildman–Crippen LogP) is 5.38. The van der Waals surface area contributed by atoms with Gasteiger partial charge in [0.2, 0.25) is 20.0 Å². The molecule has 0 saturated carbocycles. The fourth-order valence-corrected chi connectivity index (χ4v) is 9.74. The van der Waals surface area contributed by atoms with Crippen LogP contribution in [0, 0.1) is 0 Å². The molecular formula is C39H44N4O8S2. The monoisotopic (exact) mass is 760 g/mol. The molecule has 0 unspecified atom stereocenters. The minimum atomic E-state index is -3.71. The number of hydrogen-bond acceptors (Lipinski definition) is 8. The summed E-state index contributed by atoms with van der Waals surface area (Å²) in [5, 5.41) is 5.72. The van der Waals surface area contributed by atoms with Crippen molar-refractivity contribution < 1.29 is 35.9 Å². The molecule has 2 heterocycles. The first kappa shape index (κ1) is 38.3. The summed E-state index contributed by atoms with van der Waals surface area (Å²) >= 11 is 0. The van der Waals surface area contributed by atoms with Crippen LogP contribution in [0.2, 0.25) is 0 Å². The van der Waals surface area contributed by atoms with Crippen molar-refractivity contribution in [3.63, 3.8) is 0 Å². The van der Waals surface area contributed by atoms with Gasteiger partial charge in [-0.3, -0.25) is 9.59 Å². The molecule has 280 valence electrons. The van der Waals surface area contributed by atoms with Gasteiger partial charge in [0.25, 0.3) is 11.8 Å². The van der Waals surface area contributed by atoms with Crippen LogP contribution in [-0.4, -0.2) is 87.9 Å². The molecule has 53 heavy (non-hydrogen) atoms. The zero-order valence-electron chi connectivity index (χ0n) is 30.1. The van der Waals surface area contributed by atoms with Gasteiger partial charge in [0.05, 0.1) is 34.2 Å². The first-order chi connectivity index (χ1) is 25.2. The molecule has 0 bridgehead atoms. The van der Waals surface area contributed by atoms with Crippen LogP contribution in [0.3, 0.4) is 0 Å². The van der Waals surface area contributed by atoms with E-state index in [1.54, 1.807) is 24.3 Å². The number of amides is 2. The van der Waals surface area contributed by atoms with E-state index in [1.165, 1.54) is 57.1 Å². The molecule has 2 N–H and O–H groups in total. The van der Waals surface area contributed by atoms with Crippen molar-refractivity contribution in [3.8, 4) is 0 Å². The quantitative estimate of drug-likeness (QED) is 0.219. The number of carbonyl (C=O) groups is 2. The first-order valence-corrected chi connectivity index (χ1v) is 20.4. The molecule has 4 aromatic carbocycles. The van der Waals surface area contributed by atoms with Crippen molar-refractivity contribution in [1.29, 1.82) is 0 Å². The van der Waals surface area contributed by atoms with E-state index >= 15 is 0 Å². The number of hydrogen-bond donors (Lipinski definition) is 2. The smallest absolute Gasteiger partial charge is 0.255 e. The average molecular weight is 761 g/mol. The van der Waals surface area contributed by atoms with Gasteiger partial charge in [-0.05, 0) is 118 Å². The molecule has 0 radical (unpaired) electrons. The van der Waals surface area contributed by atoms with Crippen LogP contribution >= 0.6 is 0 Å². The average Bonchev–Trinajstić information content (AvgIpc) is 3.12. The maximum absolute atomic E-state index is 13.1. The SMILES string of the molecule is C[C@@H]1CN(S(=O)(=O)c2ccc(C(=O)Nc3ccc(Cc4ccc(NC(=O)c5ccc(S(=O)(=O)N6C[C@@H](C)O[C@@H](C)C6)cc5)cc4)cc3)cc2)C[C@H](C)O1. The van der Waals surface area contributed by atoms with Crippen LogP contribution < -0.4 is 10.6 Å². The molecule has 0 aromatic heterocycles. The number of morpholine rings is 2. The highest BCUT2D eigenvalue weighted by Gasteiger charge is 2.33. The van der Waals surface area contributed by atoms with E-state index in [0.717, 1.165) is 11.1 Å². The highest BCUT2D eigenvalue weighted by Crippen LogP contribution is 2.24. The van der Waals surface area contributed by atoms with E-state index in [4.69, 9.17) is 9.47 Å². The van der Waals surface area contributed by atoms with Gasteiger partial charge in [0.1, 0.15) is 0 Å². The summed E-state index contributed by atoms with van der Waals surface area (Å²) < 4.78 is 66.7. The van der Waals surface area contributed by atoms with Gasteiger partial charge < -0.3 is 20.1 Å². The lowest BCUT2D eigenvalue weighted by molar-refractivity contribution is -0.0442. The van der Waals surface area contributed by atoms with E-state index in [1.807, 2.05) is 52.0 Å². The summed E-state index contributed by atoms with van der Waals surface area (Å²) in [5.41, 5.74) is 3.89. The van der Waals surface area contributed by atoms with Crippen LogP contribution in [0.1, 0.15) is 59.5 Å². The minimum Gasteiger partial charge on any atom is -0.373 e. The molecule has 2 aliphatic rings. The molecule has 14 heteroatoms. The van der Waals surface area contributed by atoms with Gasteiger partial charge in [0, 0.05) is 48.7 Å². The third-order valence-corrected chi connectivity index (χ3v) is 12.8. The van der Waals surface area contributed by atoms with Crippen LogP contribution in [0.5, 0.6) is 0 Å². The molecule has 2 saturated heterocycles. The molecule has 0 aliphatic carbocycles. The van der Waals surface area contributed by atoms with Crippen molar-refractivity contribution in [1.82, 2.24) is 8.61 Å². The number of benzene rings is 4. The molecule has 4 aromatic rings. The maximum Gasteiger partial charge on any atom is 0.255 e. The number of nitrogens with one attached hydrogen (secondary N) is 2. The summed E-state index contributed by atoms with van der Waals surface area (Å²) in [4.78, 5) is 26.1. The van der Waals surface area contributed by atoms with E-state index in [2.05, 4.69) is 10.6 Å². The third-order valence-electron chi connectivity index (χ3n) is 9.11. The summed E-state index contributed by atoms with van der Waals surface area (Å²) in [6.45, 7) is 8.48. The Morgan fingerprint density at radius 3 is 1.13 bits per heavy atom. The van der Waals surface area contributed by atoms with Gasteiger partial charge in [-0.15, -0.1) is 0 Å². The fourth-order valence-electron chi connectivity index (χ4n) is 6.56. The molecular weight excluding hydrogens is 717 g/mol. The number of anilines is 2. The Morgan fingerprint density at radius 1 is 0.528 bits per heavy atom. The Morgan fingerprint density at radius 2 is 0.830 bits per heavy atom. The third kappa shape index (κ3) is 9.21. The largest absolute Gasteiger partial charge is 0.373 e. The lowest BCUT2D eigenvalue weighted by Crippen LogP contribution is -2.48. The molecule has 12 nitrogen and oxygen atoms in total. The van der Waals surface area contributed by atoms with Crippen molar-refractivity contribution in [2.75, 3.05) is 36.8 Å². The summed E-state index contributed by atoms with van der Waals surface area (Å²) in [5.74, 6) is -0.711. The Hall–Kier alpha value is -4.44. The second kappa shape index (κ2) is 15.9. The number of nitrogens with zero attached hydrogens (tertiary/aromatic N) is 2. The van der Waals surface area contributed by atoms with E-state index in [-0.39, 0.29) is 72.2 Å². The highest BCUT2D eigenvalue weighted by atomic mass is 32.2. The molecule has 4 atom stereocenters. The van der Waals surface area contributed by atoms with Crippen molar-refractivity contribution >= 4 is 43.2 Å². The predicted molar refractivity (Wildman–Crippen MR) is 202 cm³/mol. The van der Waals surface area contributed by atoms with Crippen molar-refractivity contribution in [2.24, 2.45) is 0 Å². The summed E-state index contributed by atoms with van der Waals surface area (Å²) in [6.07, 6.45) is -0.180. The summed E-state index contributed by atoms with van der Waals surface area (Å²) in [6, 6.07) is 26.7. The van der Waals surface area contributed by atoms with Gasteiger partial charge in [-0.1, -0.05) is 24.3 Å². The van der Waals surface area contributed by atoms with Crippen molar-refractivity contribution in [3.05, 3.63) is 119 Å². The Bertz CT molecular complexity index is 1970. The Labute approximate surface area is 311 Å². The molecule has 2 aliphatic heterocycles. The van der Waals surface area contributed by atoms with Crippen LogP contribution in [0.15, 0.2) is 107 Å².